The molecule has 4 nitrogen and oxygen atoms in total. The Morgan fingerprint density at radius 1 is 1.20 bits per heavy atom. The molecule has 2 rings (SSSR count). The first-order valence-corrected chi connectivity index (χ1v) is 7.80. The molecule has 0 amide bonds. The number of nitrogens with zero attached hydrogens (tertiary/aromatic N) is 1. The van der Waals surface area contributed by atoms with Gasteiger partial charge in [0.1, 0.15) is 11.5 Å². The van der Waals surface area contributed by atoms with Gasteiger partial charge in [0.05, 0.1) is 5.69 Å². The predicted octanol–water partition coefficient (Wildman–Crippen LogP) is 4.21. The number of aromatic nitrogens is 1. The number of hydrogen-bond acceptors (Lipinski definition) is 5. The summed E-state index contributed by atoms with van der Waals surface area (Å²) >= 11 is 1.53. The molecule has 0 saturated carbocycles. The lowest BCUT2D eigenvalue weighted by atomic mass is 10.1. The topological polar surface area (TPSA) is 65.4 Å². The third-order valence-corrected chi connectivity index (χ3v) is 3.87. The zero-order valence-electron chi connectivity index (χ0n) is 11.6. The number of phenols is 2. The van der Waals surface area contributed by atoms with Crippen molar-refractivity contribution in [3.63, 3.8) is 0 Å². The van der Waals surface area contributed by atoms with Crippen LogP contribution in [0.4, 0.5) is 5.13 Å². The molecule has 2 aromatic rings. The molecule has 0 radical (unpaired) electrons. The van der Waals surface area contributed by atoms with E-state index in [-0.39, 0.29) is 11.5 Å². The number of unbranched alkanes of at least 4 members (excludes halogenated alkanes) is 3. The summed E-state index contributed by atoms with van der Waals surface area (Å²) in [6.45, 7) is 3.12. The molecule has 1 aromatic carbocycles. The molecule has 1 aromatic heterocycles. The summed E-state index contributed by atoms with van der Waals surface area (Å²) in [6, 6.07) is 4.55. The predicted molar refractivity (Wildman–Crippen MR) is 83.5 cm³/mol. The minimum Gasteiger partial charge on any atom is -0.508 e. The second kappa shape index (κ2) is 7.14. The maximum Gasteiger partial charge on any atom is 0.183 e. The number of phenolic OH excluding ortho intramolecular Hbond substituents is 2. The molecule has 108 valence electrons. The third-order valence-electron chi connectivity index (χ3n) is 3.07. The Kier molecular flexibility index (Phi) is 5.24. The summed E-state index contributed by atoms with van der Waals surface area (Å²) in [5, 5.41) is 25.2. The molecule has 0 atom stereocenters. The Morgan fingerprint density at radius 2 is 2.05 bits per heavy atom. The lowest BCUT2D eigenvalue weighted by Gasteiger charge is -2.03. The normalized spacial score (nSPS) is 10.7. The van der Waals surface area contributed by atoms with Gasteiger partial charge >= 0.3 is 0 Å². The standard InChI is InChI=1S/C15H20N2O2S/c1-2-3-4-5-8-16-15-17-13(10-20-15)12-7-6-11(18)9-14(12)19/h6-7,9-10,18-19H,2-5,8H2,1H3,(H,16,17). The molecular formula is C15H20N2O2S. The Hall–Kier alpha value is -1.75. The van der Waals surface area contributed by atoms with Crippen LogP contribution < -0.4 is 5.32 Å². The smallest absolute Gasteiger partial charge is 0.183 e. The van der Waals surface area contributed by atoms with E-state index in [0.29, 0.717) is 5.56 Å². The average Bonchev–Trinajstić information content (AvgIpc) is 2.87. The largest absolute Gasteiger partial charge is 0.508 e. The minimum absolute atomic E-state index is 0.0461. The molecular weight excluding hydrogens is 272 g/mol. The highest BCUT2D eigenvalue weighted by Gasteiger charge is 2.09. The summed E-state index contributed by atoms with van der Waals surface area (Å²) in [7, 11) is 0. The number of nitrogens with one attached hydrogen (secondary N) is 1. The number of anilines is 1. The van der Waals surface area contributed by atoms with Crippen molar-refractivity contribution in [2.75, 3.05) is 11.9 Å². The van der Waals surface area contributed by atoms with Crippen molar-refractivity contribution in [3.8, 4) is 22.8 Å². The van der Waals surface area contributed by atoms with Gasteiger partial charge in [-0.25, -0.2) is 4.98 Å². The van der Waals surface area contributed by atoms with E-state index in [9.17, 15) is 10.2 Å². The van der Waals surface area contributed by atoms with Gasteiger partial charge in [0.25, 0.3) is 0 Å². The van der Waals surface area contributed by atoms with E-state index in [2.05, 4.69) is 17.2 Å². The zero-order chi connectivity index (χ0) is 14.4. The van der Waals surface area contributed by atoms with Crippen LogP contribution in [0.2, 0.25) is 0 Å². The Labute approximate surface area is 123 Å². The summed E-state index contributed by atoms with van der Waals surface area (Å²) in [5.41, 5.74) is 1.36. The quantitative estimate of drug-likeness (QED) is 0.669. The van der Waals surface area contributed by atoms with Gasteiger partial charge in [0.15, 0.2) is 5.13 Å². The fourth-order valence-electron chi connectivity index (χ4n) is 1.96. The minimum atomic E-state index is 0.0461. The highest BCUT2D eigenvalue weighted by molar-refractivity contribution is 7.14. The number of rotatable bonds is 7. The van der Waals surface area contributed by atoms with Crippen LogP contribution in [-0.4, -0.2) is 21.7 Å². The van der Waals surface area contributed by atoms with Crippen LogP contribution in [0.15, 0.2) is 23.6 Å². The van der Waals surface area contributed by atoms with Gasteiger partial charge in [-0.15, -0.1) is 11.3 Å². The molecule has 0 saturated heterocycles. The lowest BCUT2D eigenvalue weighted by molar-refractivity contribution is 0.452. The molecule has 0 bridgehead atoms. The third kappa shape index (κ3) is 3.87. The summed E-state index contributed by atoms with van der Waals surface area (Å²) in [6.07, 6.45) is 4.89. The van der Waals surface area contributed by atoms with E-state index >= 15 is 0 Å². The van der Waals surface area contributed by atoms with Crippen molar-refractivity contribution in [1.29, 1.82) is 0 Å². The molecule has 5 heteroatoms. The van der Waals surface area contributed by atoms with Gasteiger partial charge in [0.2, 0.25) is 0 Å². The van der Waals surface area contributed by atoms with Crippen molar-refractivity contribution >= 4 is 16.5 Å². The molecule has 1 heterocycles. The second-order valence-corrected chi connectivity index (χ2v) is 5.58. The van der Waals surface area contributed by atoms with Gasteiger partial charge in [-0.05, 0) is 18.6 Å². The lowest BCUT2D eigenvalue weighted by Crippen LogP contribution is -2.00. The van der Waals surface area contributed by atoms with Crippen LogP contribution in [-0.2, 0) is 0 Å². The second-order valence-electron chi connectivity index (χ2n) is 4.73. The highest BCUT2D eigenvalue weighted by atomic mass is 32.1. The first-order valence-electron chi connectivity index (χ1n) is 6.92. The van der Waals surface area contributed by atoms with E-state index in [1.54, 1.807) is 12.1 Å². The van der Waals surface area contributed by atoms with E-state index in [1.807, 2.05) is 5.38 Å². The summed E-state index contributed by atoms with van der Waals surface area (Å²) < 4.78 is 0. The number of thiazole rings is 1. The molecule has 3 N–H and O–H groups in total. The maximum atomic E-state index is 9.81. The monoisotopic (exact) mass is 292 g/mol. The van der Waals surface area contributed by atoms with Crippen LogP contribution in [0.25, 0.3) is 11.3 Å². The van der Waals surface area contributed by atoms with Crippen molar-refractivity contribution in [1.82, 2.24) is 4.98 Å². The SMILES string of the molecule is CCCCCCNc1nc(-c2ccc(O)cc2O)cs1. The first-order chi connectivity index (χ1) is 9.70. The van der Waals surface area contributed by atoms with Crippen LogP contribution in [0, 0.1) is 0 Å². The van der Waals surface area contributed by atoms with Crippen LogP contribution >= 0.6 is 11.3 Å². The molecule has 0 aliphatic heterocycles. The Balaban J connectivity index is 1.95. The molecule has 0 aliphatic rings. The molecule has 0 spiro atoms. The fourth-order valence-corrected chi connectivity index (χ4v) is 2.70. The first kappa shape index (κ1) is 14.7. The van der Waals surface area contributed by atoms with Crippen molar-refractivity contribution in [2.45, 2.75) is 32.6 Å². The number of benzene rings is 1. The van der Waals surface area contributed by atoms with Crippen LogP contribution in [0.1, 0.15) is 32.6 Å². The van der Waals surface area contributed by atoms with Crippen molar-refractivity contribution in [3.05, 3.63) is 23.6 Å². The van der Waals surface area contributed by atoms with E-state index < -0.39 is 0 Å². The van der Waals surface area contributed by atoms with Gasteiger partial charge < -0.3 is 15.5 Å². The highest BCUT2D eigenvalue weighted by Crippen LogP contribution is 2.33. The Morgan fingerprint density at radius 3 is 2.80 bits per heavy atom. The molecule has 20 heavy (non-hydrogen) atoms. The number of hydrogen-bond donors (Lipinski definition) is 3. The van der Waals surface area contributed by atoms with Crippen LogP contribution in [0.3, 0.4) is 0 Å². The zero-order valence-corrected chi connectivity index (χ0v) is 12.4. The van der Waals surface area contributed by atoms with E-state index in [1.165, 1.54) is 36.7 Å². The van der Waals surface area contributed by atoms with Crippen LogP contribution in [0.5, 0.6) is 11.5 Å². The van der Waals surface area contributed by atoms with Gasteiger partial charge in [-0.2, -0.15) is 0 Å². The summed E-state index contributed by atoms with van der Waals surface area (Å²) in [4.78, 5) is 4.45. The Bertz CT molecular complexity index is 555. The summed E-state index contributed by atoms with van der Waals surface area (Å²) in [5.74, 6) is 0.0977. The van der Waals surface area contributed by atoms with Crippen molar-refractivity contribution < 1.29 is 10.2 Å². The number of aromatic hydroxyl groups is 2. The molecule has 0 aliphatic carbocycles. The maximum absolute atomic E-state index is 9.81. The van der Waals surface area contributed by atoms with Gasteiger partial charge in [-0.1, -0.05) is 26.2 Å². The van der Waals surface area contributed by atoms with Crippen molar-refractivity contribution in [2.24, 2.45) is 0 Å². The van der Waals surface area contributed by atoms with Gasteiger partial charge in [0, 0.05) is 23.6 Å². The molecule has 0 unspecified atom stereocenters. The molecule has 0 fully saturated rings. The van der Waals surface area contributed by atoms with E-state index in [0.717, 1.165) is 23.8 Å². The van der Waals surface area contributed by atoms with E-state index in [4.69, 9.17) is 0 Å². The fraction of sp³-hybridized carbons (Fsp3) is 0.400. The van der Waals surface area contributed by atoms with Gasteiger partial charge in [-0.3, -0.25) is 0 Å². The average molecular weight is 292 g/mol.